The molecule has 4 rings (SSSR count). The quantitative estimate of drug-likeness (QED) is 0.368. The summed E-state index contributed by atoms with van der Waals surface area (Å²) in [7, 11) is 1.32. The van der Waals surface area contributed by atoms with Crippen LogP contribution in [0.2, 0.25) is 0 Å². The van der Waals surface area contributed by atoms with Gasteiger partial charge in [0.05, 0.1) is 31.1 Å². The van der Waals surface area contributed by atoms with Crippen molar-refractivity contribution in [2.45, 2.75) is 13.2 Å². The zero-order valence-electron chi connectivity index (χ0n) is 18.7. The third-order valence-corrected chi connectivity index (χ3v) is 5.12. The average molecular weight is 477 g/mol. The zero-order chi connectivity index (χ0) is 24.8. The van der Waals surface area contributed by atoms with E-state index >= 15 is 0 Å². The molecule has 4 aromatic rings. The fourth-order valence-electron chi connectivity index (χ4n) is 3.42. The number of hydrogen-bond donors (Lipinski definition) is 1. The molecule has 0 fully saturated rings. The van der Waals surface area contributed by atoms with Gasteiger partial charge in [0.2, 0.25) is 0 Å². The number of aromatic nitrogens is 2. The fourth-order valence-corrected chi connectivity index (χ4v) is 3.42. The number of carbonyl (C=O) groups excluding carboxylic acids is 2. The predicted molar refractivity (Wildman–Crippen MR) is 124 cm³/mol. The molecule has 0 bridgehead atoms. The highest BCUT2D eigenvalue weighted by Crippen LogP contribution is 2.20. The second-order valence-corrected chi connectivity index (χ2v) is 7.59. The Kier molecular flexibility index (Phi) is 7.15. The summed E-state index contributed by atoms with van der Waals surface area (Å²) in [6.45, 7) is 0.315. The van der Waals surface area contributed by atoms with E-state index in [2.05, 4.69) is 10.4 Å². The highest BCUT2D eigenvalue weighted by atomic mass is 19.1. The molecule has 1 N–H and O–H groups in total. The maximum atomic E-state index is 13.8. The van der Waals surface area contributed by atoms with Crippen LogP contribution in [0, 0.1) is 11.6 Å². The summed E-state index contributed by atoms with van der Waals surface area (Å²) in [5.74, 6) is -2.38. The van der Waals surface area contributed by atoms with Crippen molar-refractivity contribution in [1.29, 1.82) is 0 Å². The number of rotatable bonds is 8. The Bertz CT molecular complexity index is 1370. The molecule has 0 aliphatic carbocycles. The number of anilines is 1. The molecule has 178 valence electrons. The topological polar surface area (TPSA) is 82.5 Å². The molecule has 0 atom stereocenters. The first-order valence-corrected chi connectivity index (χ1v) is 10.6. The summed E-state index contributed by atoms with van der Waals surface area (Å²) in [4.78, 5) is 24.7. The van der Waals surface area contributed by atoms with E-state index in [1.54, 1.807) is 53.3 Å². The van der Waals surface area contributed by atoms with Crippen LogP contribution in [-0.2, 0) is 17.9 Å². The second kappa shape index (κ2) is 10.6. The monoisotopic (exact) mass is 477 g/mol. The van der Waals surface area contributed by atoms with Crippen LogP contribution >= 0.6 is 0 Å². The van der Waals surface area contributed by atoms with Gasteiger partial charge in [-0.15, -0.1) is 0 Å². The van der Waals surface area contributed by atoms with Gasteiger partial charge in [0.15, 0.2) is 11.6 Å². The van der Waals surface area contributed by atoms with E-state index in [1.807, 2.05) is 6.07 Å². The standard InChI is InChI=1S/C26H21F2N3O4/c1-34-26(33)22-8-3-2-6-19(22)14-31-15-21(13-29-31)30-25(32)18-7-4-5-17(11-18)16-35-24-10-9-20(27)12-23(24)28/h2-13,15H,14,16H2,1H3,(H,30,32). The molecule has 0 aliphatic rings. The lowest BCUT2D eigenvalue weighted by Crippen LogP contribution is -2.12. The largest absolute Gasteiger partial charge is 0.486 e. The Morgan fingerprint density at radius 2 is 1.86 bits per heavy atom. The van der Waals surface area contributed by atoms with Crippen LogP contribution in [0.5, 0.6) is 5.75 Å². The molecule has 0 aliphatic heterocycles. The van der Waals surface area contributed by atoms with E-state index < -0.39 is 17.6 Å². The molecular formula is C26H21F2N3O4. The van der Waals surface area contributed by atoms with Crippen LogP contribution in [0.15, 0.2) is 79.1 Å². The van der Waals surface area contributed by atoms with Gasteiger partial charge >= 0.3 is 5.97 Å². The summed E-state index contributed by atoms with van der Waals surface area (Å²) < 4.78 is 38.6. The molecule has 0 saturated carbocycles. The highest BCUT2D eigenvalue weighted by molar-refractivity contribution is 6.04. The number of ether oxygens (including phenoxy) is 2. The van der Waals surface area contributed by atoms with Gasteiger partial charge in [-0.05, 0) is 41.5 Å². The normalized spacial score (nSPS) is 10.6. The van der Waals surface area contributed by atoms with Crippen molar-refractivity contribution in [3.8, 4) is 5.75 Å². The minimum Gasteiger partial charge on any atom is -0.486 e. The SMILES string of the molecule is COC(=O)c1ccccc1Cn1cc(NC(=O)c2cccc(COc3ccc(F)cc3F)c2)cn1. The summed E-state index contributed by atoms with van der Waals surface area (Å²) in [5.41, 5.74) is 2.65. The number of halogens is 2. The number of esters is 1. The van der Waals surface area contributed by atoms with Gasteiger partial charge in [0, 0.05) is 17.8 Å². The molecule has 0 saturated heterocycles. The van der Waals surface area contributed by atoms with Gasteiger partial charge in [-0.3, -0.25) is 9.48 Å². The third kappa shape index (κ3) is 5.89. The highest BCUT2D eigenvalue weighted by Gasteiger charge is 2.13. The van der Waals surface area contributed by atoms with E-state index in [4.69, 9.17) is 9.47 Å². The van der Waals surface area contributed by atoms with Crippen LogP contribution in [0.3, 0.4) is 0 Å². The van der Waals surface area contributed by atoms with Gasteiger partial charge in [-0.1, -0.05) is 30.3 Å². The van der Waals surface area contributed by atoms with Crippen molar-refractivity contribution in [1.82, 2.24) is 9.78 Å². The fraction of sp³-hybridized carbons (Fsp3) is 0.115. The summed E-state index contributed by atoms with van der Waals surface area (Å²) in [6.07, 6.45) is 3.15. The Morgan fingerprint density at radius 3 is 2.66 bits per heavy atom. The molecule has 0 spiro atoms. The second-order valence-electron chi connectivity index (χ2n) is 7.59. The molecular weight excluding hydrogens is 456 g/mol. The molecule has 3 aromatic carbocycles. The molecule has 1 amide bonds. The van der Waals surface area contributed by atoms with Crippen LogP contribution in [0.25, 0.3) is 0 Å². The lowest BCUT2D eigenvalue weighted by molar-refractivity contribution is 0.0599. The first kappa shape index (κ1) is 23.6. The van der Waals surface area contributed by atoms with Gasteiger partial charge in [0.1, 0.15) is 12.4 Å². The molecule has 1 heterocycles. The number of amides is 1. The predicted octanol–water partition coefficient (Wildman–Crippen LogP) is 4.83. The maximum absolute atomic E-state index is 13.8. The first-order chi connectivity index (χ1) is 16.9. The Balaban J connectivity index is 1.40. The Morgan fingerprint density at radius 1 is 1.03 bits per heavy atom. The first-order valence-electron chi connectivity index (χ1n) is 10.6. The smallest absolute Gasteiger partial charge is 0.338 e. The van der Waals surface area contributed by atoms with Gasteiger partial charge in [-0.25, -0.2) is 13.6 Å². The lowest BCUT2D eigenvalue weighted by atomic mass is 10.1. The maximum Gasteiger partial charge on any atom is 0.338 e. The lowest BCUT2D eigenvalue weighted by Gasteiger charge is -2.09. The molecule has 35 heavy (non-hydrogen) atoms. The van der Waals surface area contributed by atoms with Crippen molar-refractivity contribution in [3.63, 3.8) is 0 Å². The molecule has 7 nitrogen and oxygen atoms in total. The Hall–Kier alpha value is -4.53. The molecule has 0 unspecified atom stereocenters. The van der Waals surface area contributed by atoms with Crippen LogP contribution in [0.4, 0.5) is 14.5 Å². The van der Waals surface area contributed by atoms with E-state index in [9.17, 15) is 18.4 Å². The van der Waals surface area contributed by atoms with Crippen molar-refractivity contribution in [3.05, 3.63) is 113 Å². The van der Waals surface area contributed by atoms with E-state index in [0.29, 0.717) is 28.9 Å². The van der Waals surface area contributed by atoms with Crippen molar-refractivity contribution < 1.29 is 27.8 Å². The van der Waals surface area contributed by atoms with Crippen LogP contribution in [-0.4, -0.2) is 28.8 Å². The summed E-state index contributed by atoms with van der Waals surface area (Å²) >= 11 is 0. The molecule has 1 aromatic heterocycles. The van der Waals surface area contributed by atoms with Gasteiger partial charge < -0.3 is 14.8 Å². The number of methoxy groups -OCH3 is 1. The number of benzene rings is 3. The summed E-state index contributed by atoms with van der Waals surface area (Å²) in [6, 6.07) is 16.8. The minimum atomic E-state index is -0.801. The van der Waals surface area contributed by atoms with E-state index in [0.717, 1.165) is 17.7 Å². The molecule has 9 heteroatoms. The van der Waals surface area contributed by atoms with Gasteiger partial charge in [-0.2, -0.15) is 5.10 Å². The Labute approximate surface area is 199 Å². The number of nitrogens with one attached hydrogen (secondary N) is 1. The number of hydrogen-bond acceptors (Lipinski definition) is 5. The number of carbonyl (C=O) groups is 2. The van der Waals surface area contributed by atoms with Gasteiger partial charge in [0.25, 0.3) is 5.91 Å². The van der Waals surface area contributed by atoms with Crippen molar-refractivity contribution >= 4 is 17.6 Å². The number of nitrogens with zero attached hydrogens (tertiary/aromatic N) is 2. The third-order valence-electron chi connectivity index (χ3n) is 5.12. The summed E-state index contributed by atoms with van der Waals surface area (Å²) in [5, 5.41) is 7.02. The van der Waals surface area contributed by atoms with Crippen LogP contribution < -0.4 is 10.1 Å². The van der Waals surface area contributed by atoms with Crippen LogP contribution in [0.1, 0.15) is 31.8 Å². The van der Waals surface area contributed by atoms with Crippen molar-refractivity contribution in [2.24, 2.45) is 0 Å². The van der Waals surface area contributed by atoms with Crippen molar-refractivity contribution in [2.75, 3.05) is 12.4 Å². The zero-order valence-corrected chi connectivity index (χ0v) is 18.7. The minimum absolute atomic E-state index is 0.00120. The molecule has 0 radical (unpaired) electrons. The van der Waals surface area contributed by atoms with E-state index in [1.165, 1.54) is 19.4 Å². The van der Waals surface area contributed by atoms with E-state index in [-0.39, 0.29) is 18.3 Å². The average Bonchev–Trinajstić information content (AvgIpc) is 3.30.